The lowest BCUT2D eigenvalue weighted by molar-refractivity contribution is 0.108. The number of benzene rings is 1. The van der Waals surface area contributed by atoms with E-state index in [4.69, 9.17) is 11.6 Å². The minimum absolute atomic E-state index is 0.468. The smallest absolute Gasteiger partial charge is 0.253 e. The number of hydrogen-bond donors (Lipinski definition) is 0. The van der Waals surface area contributed by atoms with Crippen LogP contribution in [0.3, 0.4) is 0 Å². The zero-order chi connectivity index (χ0) is 10.3. The van der Waals surface area contributed by atoms with E-state index in [0.717, 1.165) is 15.4 Å². The van der Waals surface area contributed by atoms with Crippen molar-refractivity contribution in [2.24, 2.45) is 7.05 Å². The summed E-state index contributed by atoms with van der Waals surface area (Å²) in [4.78, 5) is 11.1. The third-order valence-corrected chi connectivity index (χ3v) is 2.70. The highest BCUT2D eigenvalue weighted by Gasteiger charge is 2.11. The highest BCUT2D eigenvalue weighted by Crippen LogP contribution is 2.24. The first kappa shape index (κ1) is 9.68. The van der Waals surface area contributed by atoms with Gasteiger partial charge in [0, 0.05) is 22.5 Å². The van der Waals surface area contributed by atoms with Gasteiger partial charge in [-0.15, -0.1) is 0 Å². The maximum absolute atomic E-state index is 11.1. The molecule has 0 bridgehead atoms. The van der Waals surface area contributed by atoms with Gasteiger partial charge in [-0.1, -0.05) is 15.9 Å². The summed E-state index contributed by atoms with van der Waals surface area (Å²) in [6.45, 7) is 0. The van der Waals surface area contributed by atoms with Gasteiger partial charge in [-0.2, -0.15) is 5.10 Å². The van der Waals surface area contributed by atoms with Crippen molar-refractivity contribution in [2.45, 2.75) is 0 Å². The van der Waals surface area contributed by atoms with Crippen LogP contribution >= 0.6 is 27.5 Å². The zero-order valence-electron chi connectivity index (χ0n) is 7.29. The molecule has 2 aromatic rings. The van der Waals surface area contributed by atoms with Crippen molar-refractivity contribution in [3.63, 3.8) is 0 Å². The molecule has 0 radical (unpaired) electrons. The fraction of sp³-hybridized carbons (Fsp3) is 0.111. The molecule has 0 amide bonds. The van der Waals surface area contributed by atoms with Crippen LogP contribution in [-0.2, 0) is 7.05 Å². The molecule has 0 aliphatic carbocycles. The number of carbonyl (C=O) groups excluding carboxylic acids is 1. The second-order valence-corrected chi connectivity index (χ2v) is 4.19. The number of halogens is 2. The Bertz CT molecular complexity index is 521. The van der Waals surface area contributed by atoms with E-state index in [9.17, 15) is 4.79 Å². The number of hydrogen-bond acceptors (Lipinski definition) is 2. The Morgan fingerprint density at radius 1 is 1.57 bits per heavy atom. The summed E-state index contributed by atoms with van der Waals surface area (Å²) in [7, 11) is 1.82. The molecular formula is C9H6BrClN2O. The fourth-order valence-corrected chi connectivity index (χ4v) is 1.98. The molecule has 0 aliphatic heterocycles. The molecule has 14 heavy (non-hydrogen) atoms. The van der Waals surface area contributed by atoms with Crippen LogP contribution in [0.15, 0.2) is 22.8 Å². The van der Waals surface area contributed by atoms with E-state index in [0.29, 0.717) is 5.56 Å². The number of nitrogens with zero attached hydrogens (tertiary/aromatic N) is 2. The SMILES string of the molecule is Cn1ncc2c(C(=O)Cl)cc(Br)cc21. The van der Waals surface area contributed by atoms with Crippen LogP contribution in [0.1, 0.15) is 10.4 Å². The summed E-state index contributed by atoms with van der Waals surface area (Å²) in [6, 6.07) is 3.59. The largest absolute Gasteiger partial charge is 0.276 e. The lowest BCUT2D eigenvalue weighted by atomic mass is 10.1. The van der Waals surface area contributed by atoms with Crippen molar-refractivity contribution >= 4 is 43.7 Å². The summed E-state index contributed by atoms with van der Waals surface area (Å²) < 4.78 is 2.52. The van der Waals surface area contributed by atoms with Crippen molar-refractivity contribution in [3.8, 4) is 0 Å². The van der Waals surface area contributed by atoms with Gasteiger partial charge in [0.15, 0.2) is 0 Å². The average Bonchev–Trinajstić information content (AvgIpc) is 2.47. The highest BCUT2D eigenvalue weighted by molar-refractivity contribution is 9.10. The van der Waals surface area contributed by atoms with Crippen molar-refractivity contribution in [3.05, 3.63) is 28.4 Å². The second kappa shape index (κ2) is 3.37. The number of aryl methyl sites for hydroxylation is 1. The Morgan fingerprint density at radius 3 is 2.93 bits per heavy atom. The number of carbonyl (C=O) groups is 1. The minimum Gasteiger partial charge on any atom is -0.276 e. The van der Waals surface area contributed by atoms with Crippen molar-refractivity contribution in [2.75, 3.05) is 0 Å². The predicted octanol–water partition coefficient (Wildman–Crippen LogP) is 2.71. The second-order valence-electron chi connectivity index (χ2n) is 2.93. The van der Waals surface area contributed by atoms with Gasteiger partial charge in [0.05, 0.1) is 11.7 Å². The molecule has 0 aliphatic rings. The third kappa shape index (κ3) is 1.44. The summed E-state index contributed by atoms with van der Waals surface area (Å²) in [6.07, 6.45) is 1.64. The van der Waals surface area contributed by atoms with Crippen LogP contribution in [-0.4, -0.2) is 15.0 Å². The Kier molecular flexibility index (Phi) is 2.33. The first-order valence-electron chi connectivity index (χ1n) is 3.90. The number of rotatable bonds is 1. The van der Waals surface area contributed by atoms with Crippen molar-refractivity contribution in [1.29, 1.82) is 0 Å². The quantitative estimate of drug-likeness (QED) is 0.749. The molecule has 72 valence electrons. The molecule has 2 rings (SSSR count). The Labute approximate surface area is 93.8 Å². The van der Waals surface area contributed by atoms with Crippen molar-refractivity contribution in [1.82, 2.24) is 9.78 Å². The molecule has 1 heterocycles. The van der Waals surface area contributed by atoms with E-state index < -0.39 is 5.24 Å². The van der Waals surface area contributed by atoms with Crippen LogP contribution in [0.5, 0.6) is 0 Å². The van der Waals surface area contributed by atoms with E-state index in [1.165, 1.54) is 0 Å². The molecule has 0 unspecified atom stereocenters. The van der Waals surface area contributed by atoms with Gasteiger partial charge in [0.25, 0.3) is 5.24 Å². The normalized spacial score (nSPS) is 10.8. The van der Waals surface area contributed by atoms with Gasteiger partial charge in [0.2, 0.25) is 0 Å². The van der Waals surface area contributed by atoms with E-state index in [1.54, 1.807) is 16.9 Å². The maximum atomic E-state index is 11.1. The molecule has 0 saturated heterocycles. The van der Waals surface area contributed by atoms with E-state index in [2.05, 4.69) is 21.0 Å². The van der Waals surface area contributed by atoms with E-state index in [1.807, 2.05) is 13.1 Å². The Hall–Kier alpha value is -0.870. The van der Waals surface area contributed by atoms with Gasteiger partial charge >= 0.3 is 0 Å². The van der Waals surface area contributed by atoms with Gasteiger partial charge in [-0.3, -0.25) is 9.48 Å². The summed E-state index contributed by atoms with van der Waals surface area (Å²) in [5, 5.41) is 4.37. The Balaban J connectivity index is 2.88. The molecule has 1 aromatic heterocycles. The standard InChI is InChI=1S/C9H6BrClN2O/c1-13-8-3-5(10)2-6(9(11)14)7(8)4-12-13/h2-4H,1H3. The molecule has 0 N–H and O–H groups in total. The monoisotopic (exact) mass is 272 g/mol. The lowest BCUT2D eigenvalue weighted by Gasteiger charge is -1.99. The molecule has 3 nitrogen and oxygen atoms in total. The summed E-state index contributed by atoms with van der Waals surface area (Å²) >= 11 is 8.79. The van der Waals surface area contributed by atoms with E-state index in [-0.39, 0.29) is 0 Å². The number of aromatic nitrogens is 2. The van der Waals surface area contributed by atoms with Crippen LogP contribution < -0.4 is 0 Å². The number of fused-ring (bicyclic) bond motifs is 1. The van der Waals surface area contributed by atoms with Gasteiger partial charge in [-0.05, 0) is 23.7 Å². The van der Waals surface area contributed by atoms with Crippen LogP contribution in [0.4, 0.5) is 0 Å². The molecule has 0 saturated carbocycles. The predicted molar refractivity (Wildman–Crippen MR) is 58.6 cm³/mol. The topological polar surface area (TPSA) is 34.9 Å². The third-order valence-electron chi connectivity index (χ3n) is 2.04. The summed E-state index contributed by atoms with van der Waals surface area (Å²) in [5.41, 5.74) is 1.35. The highest BCUT2D eigenvalue weighted by atomic mass is 79.9. The first-order chi connectivity index (χ1) is 6.59. The van der Waals surface area contributed by atoms with E-state index >= 15 is 0 Å². The molecule has 0 spiro atoms. The minimum atomic E-state index is -0.468. The molecule has 0 fully saturated rings. The molecule has 0 atom stereocenters. The summed E-state index contributed by atoms with van der Waals surface area (Å²) in [5.74, 6) is 0. The van der Waals surface area contributed by atoms with Crippen molar-refractivity contribution < 1.29 is 4.79 Å². The zero-order valence-corrected chi connectivity index (χ0v) is 9.63. The maximum Gasteiger partial charge on any atom is 0.253 e. The van der Waals surface area contributed by atoms with Gasteiger partial charge in [-0.25, -0.2) is 0 Å². The van der Waals surface area contributed by atoms with Gasteiger partial charge in [0.1, 0.15) is 0 Å². The molecule has 1 aromatic carbocycles. The Morgan fingerprint density at radius 2 is 2.29 bits per heavy atom. The van der Waals surface area contributed by atoms with Gasteiger partial charge < -0.3 is 0 Å². The van der Waals surface area contributed by atoms with Crippen LogP contribution in [0, 0.1) is 0 Å². The lowest BCUT2D eigenvalue weighted by Crippen LogP contribution is -1.92. The first-order valence-corrected chi connectivity index (χ1v) is 5.08. The van der Waals surface area contributed by atoms with Crippen LogP contribution in [0.25, 0.3) is 10.9 Å². The van der Waals surface area contributed by atoms with Crippen LogP contribution in [0.2, 0.25) is 0 Å². The molecular weight excluding hydrogens is 267 g/mol. The average molecular weight is 274 g/mol. The fourth-order valence-electron chi connectivity index (χ4n) is 1.38. The molecule has 5 heteroatoms.